The minimum atomic E-state index is -7.22. The third-order valence-electron chi connectivity index (χ3n) is 8.83. The summed E-state index contributed by atoms with van der Waals surface area (Å²) >= 11 is 0. The maximum Gasteiger partial charge on any atom is 0.200 e. The molecule has 0 bridgehead atoms. The Kier molecular flexibility index (Phi) is 27.1. The van der Waals surface area contributed by atoms with Crippen LogP contribution >= 0.6 is 47.5 Å². The van der Waals surface area contributed by atoms with Crippen LogP contribution in [0.2, 0.25) is 0 Å². The third-order valence-corrected chi connectivity index (χ3v) is 25.8. The first kappa shape index (κ1) is 65.8. The van der Waals surface area contributed by atoms with Gasteiger partial charge >= 0.3 is 0 Å². The Morgan fingerprint density at radius 3 is 0.373 bits per heavy atom. The first-order chi connectivity index (χ1) is 30.1. The van der Waals surface area contributed by atoms with E-state index < -0.39 is 144 Å². The Morgan fingerprint density at radius 2 is 0.299 bits per heavy atom. The average Bonchev–Trinajstić information content (AvgIpc) is 3.19. The second-order valence-electron chi connectivity index (χ2n) is 16.6. The minimum Gasteiger partial charge on any atom is -0.207 e. The van der Waals surface area contributed by atoms with Gasteiger partial charge in [-0.05, 0) is 0 Å². The molecule has 0 spiro atoms. The van der Waals surface area contributed by atoms with Crippen LogP contribution in [-0.4, -0.2) is 104 Å². The van der Waals surface area contributed by atoms with Crippen molar-refractivity contribution in [3.63, 3.8) is 0 Å². The van der Waals surface area contributed by atoms with Gasteiger partial charge in [-0.25, -0.2) is 87.8 Å². The van der Waals surface area contributed by atoms with Crippen molar-refractivity contribution in [2.24, 2.45) is 0 Å². The molecule has 0 saturated carbocycles. The van der Waals surface area contributed by atoms with E-state index in [0.29, 0.717) is 0 Å². The van der Waals surface area contributed by atoms with Crippen molar-refractivity contribution in [1.82, 2.24) is 0 Å². The Hall–Kier alpha value is -1.21. The molecule has 0 aliphatic heterocycles. The third kappa shape index (κ3) is 14.9. The van der Waals surface area contributed by atoms with Crippen molar-refractivity contribution in [2.45, 2.75) is 0 Å². The molecule has 1 radical (unpaired) electrons. The molecule has 0 unspecified atom stereocenters. The molecule has 4 aromatic carbocycles. The van der Waals surface area contributed by atoms with Gasteiger partial charge in [0.05, 0.1) is 0 Å². The summed E-state index contributed by atoms with van der Waals surface area (Å²) in [4.78, 5) is 0. The van der Waals surface area contributed by atoms with Crippen molar-refractivity contribution in [3.05, 3.63) is 116 Å². The summed E-state index contributed by atoms with van der Waals surface area (Å²) in [5, 5.41) is 0. The van der Waals surface area contributed by atoms with Gasteiger partial charge in [-0.15, -0.1) is 21.9 Å². The fourth-order valence-corrected chi connectivity index (χ4v) is 24.0. The smallest absolute Gasteiger partial charge is 0.200 e. The molecule has 28 heteroatoms. The molecule has 0 aliphatic carbocycles. The van der Waals surface area contributed by atoms with E-state index in [1.807, 2.05) is 0 Å². The second-order valence-corrected chi connectivity index (χ2v) is 35.3. The molecule has 379 valence electrons. The number of benzene rings is 4. The van der Waals surface area contributed by atoms with Crippen LogP contribution in [0.3, 0.4) is 0 Å². The maximum absolute atomic E-state index is 15.4. The molecule has 0 aliphatic rings. The van der Waals surface area contributed by atoms with Crippen LogP contribution in [0.4, 0.5) is 87.8 Å². The Balaban J connectivity index is 0.00000164. The number of rotatable bonds is 10. The van der Waals surface area contributed by atoms with Gasteiger partial charge in [0.15, 0.2) is 87.5 Å². The topological polar surface area (TPSA) is 0 Å². The molecular weight excluding hydrogens is 1230 g/mol. The minimum absolute atomic E-state index is 0. The Labute approximate surface area is 396 Å². The SMILES string of the molecule is C[PH+](C)C[PH+](C)C.C[PH+](C)C[PH+](C)C.C[PH+](C)C[PH+](C)C.Fc1c(F)c(F)c([B-](c2c(F)c(F)c(F)c(F)c2F)(c2c(F)c(F)c(F)c(F)c2F)c2c(F)c(F)c(F)c(F)c2F)c(F)c1F.[Re]. The van der Waals surface area contributed by atoms with E-state index in [1.165, 1.54) is 0 Å². The van der Waals surface area contributed by atoms with Crippen molar-refractivity contribution in [3.8, 4) is 0 Å². The van der Waals surface area contributed by atoms with Crippen LogP contribution in [0.25, 0.3) is 0 Å². The molecule has 0 aromatic heterocycles. The quantitative estimate of drug-likeness (QED) is 0.0488. The molecule has 4 aromatic rings. The maximum atomic E-state index is 15.4. The summed E-state index contributed by atoms with van der Waals surface area (Å²) in [5.74, 6) is -66.7. The number of halogens is 20. The summed E-state index contributed by atoms with van der Waals surface area (Å²) in [6.07, 6.45) is -7.22. The summed E-state index contributed by atoms with van der Waals surface area (Å²) in [6.45, 7) is 28.7. The van der Waals surface area contributed by atoms with Crippen molar-refractivity contribution in [2.75, 3.05) is 97.7 Å². The Bertz CT molecular complexity index is 1920. The molecule has 4 rings (SSSR count). The van der Waals surface area contributed by atoms with Crippen molar-refractivity contribution < 1.29 is 108 Å². The van der Waals surface area contributed by atoms with Crippen molar-refractivity contribution in [1.29, 1.82) is 0 Å². The zero-order valence-corrected chi connectivity index (χ0v) is 46.4. The van der Waals surface area contributed by atoms with Crippen LogP contribution in [0.5, 0.6) is 0 Å². The van der Waals surface area contributed by atoms with Gasteiger partial charge in [-0.3, -0.25) is 0 Å². The van der Waals surface area contributed by atoms with Crippen LogP contribution in [0, 0.1) is 116 Å². The molecule has 0 N–H and O–H groups in total. The zero-order valence-electron chi connectivity index (χ0n) is 37.6. The monoisotopic (exact) mass is 1280 g/mol. The van der Waals surface area contributed by atoms with E-state index in [4.69, 9.17) is 0 Å². The molecular formula is C39H48BF20P6Re+5. The first-order valence-corrected chi connectivity index (χ1v) is 35.3. The molecule has 67 heavy (non-hydrogen) atoms. The standard InChI is InChI=1S/C24BF20.3C5H14P2.Re/c26-5-1(6(27)14(35)21(42)13(5)34)25(2-7(28)15(36)22(43)16(37)8(2)29,3-9(30)17(38)23(44)18(39)10(3)31)4-11(32)19(40)24(45)20(41)12(4)33;3*1-6(2)5-7(3)4;/h;3*5H2,1-4H3;/q-1;;;;/p+6. The van der Waals surface area contributed by atoms with Gasteiger partial charge in [0.25, 0.3) is 0 Å². The number of hydrogen-bond acceptors (Lipinski definition) is 0. The molecule has 0 fully saturated rings. The van der Waals surface area contributed by atoms with Crippen LogP contribution in [0.1, 0.15) is 0 Å². The van der Waals surface area contributed by atoms with Crippen LogP contribution in [-0.2, 0) is 20.4 Å². The van der Waals surface area contributed by atoms with Crippen LogP contribution in [0.15, 0.2) is 0 Å². The van der Waals surface area contributed by atoms with Crippen LogP contribution < -0.4 is 21.9 Å². The van der Waals surface area contributed by atoms with Gasteiger partial charge in [0, 0.05) is 148 Å². The van der Waals surface area contributed by atoms with E-state index in [-0.39, 0.29) is 68.0 Å². The van der Waals surface area contributed by atoms with E-state index in [9.17, 15) is 52.7 Å². The number of hydrogen-bond donors (Lipinski definition) is 0. The van der Waals surface area contributed by atoms with Gasteiger partial charge in [0.2, 0.25) is 0 Å². The fourth-order valence-electron chi connectivity index (χ4n) is 7.00. The normalized spacial score (nSPS) is 11.6. The first-order valence-electron chi connectivity index (χ1n) is 19.1. The predicted molar refractivity (Wildman–Crippen MR) is 245 cm³/mol. The van der Waals surface area contributed by atoms with E-state index >= 15 is 35.1 Å². The van der Waals surface area contributed by atoms with E-state index in [1.54, 1.807) is 17.7 Å². The van der Waals surface area contributed by atoms with Crippen molar-refractivity contribution >= 4 is 75.5 Å². The molecule has 0 atom stereocenters. The largest absolute Gasteiger partial charge is 0.207 e. The fraction of sp³-hybridized carbons (Fsp3) is 0.385. The summed E-state index contributed by atoms with van der Waals surface area (Å²) in [5.41, 5.74) is -14.3. The van der Waals surface area contributed by atoms with E-state index in [2.05, 4.69) is 80.0 Å². The van der Waals surface area contributed by atoms with Gasteiger partial charge in [-0.1, -0.05) is 0 Å². The van der Waals surface area contributed by atoms with E-state index in [0.717, 1.165) is 0 Å². The second kappa shape index (κ2) is 27.6. The molecule has 0 amide bonds. The van der Waals surface area contributed by atoms with Gasteiger partial charge in [0.1, 0.15) is 52.7 Å². The Morgan fingerprint density at radius 1 is 0.209 bits per heavy atom. The molecule has 0 saturated heterocycles. The average molecular weight is 1280 g/mol. The molecule has 0 nitrogen and oxygen atoms in total. The summed E-state index contributed by atoms with van der Waals surface area (Å²) in [7, 11) is 0.667. The summed E-state index contributed by atoms with van der Waals surface area (Å²) < 4.78 is 294. The van der Waals surface area contributed by atoms with Gasteiger partial charge in [-0.2, -0.15) is 0 Å². The zero-order chi connectivity index (χ0) is 51.9. The summed E-state index contributed by atoms with van der Waals surface area (Å²) in [6, 6.07) is 0. The van der Waals surface area contributed by atoms with Gasteiger partial charge < -0.3 is 0 Å². The molecule has 0 heterocycles. The predicted octanol–water partition coefficient (Wildman–Crippen LogP) is 11.5.